The molecule has 0 amide bonds. The van der Waals surface area contributed by atoms with Gasteiger partial charge >= 0.3 is 0 Å². The van der Waals surface area contributed by atoms with Gasteiger partial charge in [-0.25, -0.2) is 0 Å². The van der Waals surface area contributed by atoms with Crippen LogP contribution in [0.1, 0.15) is 0 Å². The number of rotatable bonds is 2. The second-order valence-corrected chi connectivity index (χ2v) is 3.92. The van der Waals surface area contributed by atoms with Crippen molar-refractivity contribution in [1.29, 1.82) is 0 Å². The highest BCUT2D eigenvalue weighted by Gasteiger charge is 2.02. The molecule has 2 aromatic rings. The van der Waals surface area contributed by atoms with Crippen LogP contribution in [0.25, 0.3) is 0 Å². The topological polar surface area (TPSA) is 3.24 Å². The Balaban J connectivity index is 0.00000112. The highest BCUT2D eigenvalue weighted by molar-refractivity contribution is 14.1. The Kier molecular flexibility index (Phi) is 4.91. The molecule has 1 nitrogen and oxygen atoms in total. The van der Waals surface area contributed by atoms with Crippen LogP contribution in [0.3, 0.4) is 0 Å². The highest BCUT2D eigenvalue weighted by atomic mass is 127. The normalized spacial score (nSPS) is 9.13. The zero-order valence-corrected chi connectivity index (χ0v) is 11.0. The van der Waals surface area contributed by atoms with E-state index in [2.05, 4.69) is 50.2 Å². The van der Waals surface area contributed by atoms with E-state index in [0.717, 1.165) is 0 Å². The molecule has 0 atom stereocenters. The first-order chi connectivity index (χ1) is 6.88. The number of halogens is 2. The van der Waals surface area contributed by atoms with E-state index in [1.807, 2.05) is 36.4 Å². The Morgan fingerprint density at radius 3 is 1.33 bits per heavy atom. The summed E-state index contributed by atoms with van der Waals surface area (Å²) in [5, 5.41) is 0. The molecule has 0 heterocycles. The van der Waals surface area contributed by atoms with Crippen molar-refractivity contribution in [3.8, 4) is 0 Å². The average molecular weight is 332 g/mol. The third-order valence-corrected chi connectivity index (χ3v) is 3.08. The van der Waals surface area contributed by atoms with E-state index in [4.69, 9.17) is 0 Å². The molecule has 0 saturated carbocycles. The van der Waals surface area contributed by atoms with Crippen LogP contribution >= 0.6 is 35.3 Å². The Morgan fingerprint density at radius 1 is 0.667 bits per heavy atom. The van der Waals surface area contributed by atoms with Crippen molar-refractivity contribution >= 4 is 46.6 Å². The van der Waals surface area contributed by atoms with Gasteiger partial charge in [0.2, 0.25) is 0 Å². The monoisotopic (exact) mass is 331 g/mol. The Hall–Kier alpha value is -0.740. The predicted molar refractivity (Wildman–Crippen MR) is 76.3 cm³/mol. The SMILES string of the molecule is Cl.IN(c1ccccc1)c1ccccc1. The molecule has 0 spiro atoms. The lowest BCUT2D eigenvalue weighted by atomic mass is 10.3. The van der Waals surface area contributed by atoms with E-state index in [1.54, 1.807) is 0 Å². The summed E-state index contributed by atoms with van der Waals surface area (Å²) >= 11 is 2.31. The van der Waals surface area contributed by atoms with Crippen LogP contribution in [0, 0.1) is 0 Å². The number of para-hydroxylation sites is 2. The van der Waals surface area contributed by atoms with Crippen LogP contribution < -0.4 is 3.11 Å². The largest absolute Gasteiger partial charge is 0.283 e. The molecule has 0 aliphatic rings. The van der Waals surface area contributed by atoms with Gasteiger partial charge in [-0.2, -0.15) is 0 Å². The minimum atomic E-state index is 0. The first-order valence-corrected chi connectivity index (χ1v) is 5.40. The van der Waals surface area contributed by atoms with E-state index in [1.165, 1.54) is 11.4 Å². The van der Waals surface area contributed by atoms with Crippen molar-refractivity contribution in [3.05, 3.63) is 60.7 Å². The van der Waals surface area contributed by atoms with Gasteiger partial charge < -0.3 is 0 Å². The average Bonchev–Trinajstić information content (AvgIpc) is 2.30. The molecule has 0 radical (unpaired) electrons. The van der Waals surface area contributed by atoms with E-state index >= 15 is 0 Å². The van der Waals surface area contributed by atoms with Crippen molar-refractivity contribution in [1.82, 2.24) is 0 Å². The number of hydrogen-bond donors (Lipinski definition) is 0. The number of anilines is 2. The van der Waals surface area contributed by atoms with Crippen LogP contribution in [0.15, 0.2) is 60.7 Å². The summed E-state index contributed by atoms with van der Waals surface area (Å²) in [6, 6.07) is 20.6. The first-order valence-electron chi connectivity index (χ1n) is 4.44. The molecule has 0 bridgehead atoms. The smallest absolute Gasteiger partial charge is 0.0646 e. The van der Waals surface area contributed by atoms with E-state index in [-0.39, 0.29) is 12.4 Å². The maximum absolute atomic E-state index is 2.31. The standard InChI is InChI=1S/C12H10IN.ClH/c13-14(11-7-3-1-4-8-11)12-9-5-2-6-10-12;/h1-10H;1H. The van der Waals surface area contributed by atoms with Gasteiger partial charge in [0, 0.05) is 0 Å². The second kappa shape index (κ2) is 5.98. The minimum Gasteiger partial charge on any atom is -0.283 e. The highest BCUT2D eigenvalue weighted by Crippen LogP contribution is 2.28. The molecule has 0 aliphatic carbocycles. The molecule has 3 heteroatoms. The lowest BCUT2D eigenvalue weighted by Crippen LogP contribution is -1.99. The zero-order chi connectivity index (χ0) is 9.80. The number of hydrogen-bond acceptors (Lipinski definition) is 1. The van der Waals surface area contributed by atoms with Crippen molar-refractivity contribution in [2.45, 2.75) is 0 Å². The third kappa shape index (κ3) is 3.11. The van der Waals surface area contributed by atoms with Crippen LogP contribution in [0.4, 0.5) is 11.4 Å². The summed E-state index contributed by atoms with van der Waals surface area (Å²) in [5.41, 5.74) is 2.39. The molecular weight excluding hydrogens is 320 g/mol. The summed E-state index contributed by atoms with van der Waals surface area (Å²) in [4.78, 5) is 0. The summed E-state index contributed by atoms with van der Waals surface area (Å²) in [7, 11) is 0. The molecule has 0 saturated heterocycles. The van der Waals surface area contributed by atoms with Crippen molar-refractivity contribution in [3.63, 3.8) is 0 Å². The van der Waals surface area contributed by atoms with Gasteiger partial charge in [0.25, 0.3) is 0 Å². The fourth-order valence-electron chi connectivity index (χ4n) is 1.27. The van der Waals surface area contributed by atoms with Gasteiger partial charge in [-0.1, -0.05) is 36.4 Å². The predicted octanol–water partition coefficient (Wildman–Crippen LogP) is 4.60. The second-order valence-electron chi connectivity index (χ2n) is 2.95. The van der Waals surface area contributed by atoms with E-state index in [9.17, 15) is 0 Å². The molecule has 78 valence electrons. The molecular formula is C12H11ClIN. The first kappa shape index (κ1) is 12.3. The van der Waals surface area contributed by atoms with Crippen molar-refractivity contribution in [2.75, 3.05) is 3.11 Å². The fourth-order valence-corrected chi connectivity index (χ4v) is 1.91. The molecule has 0 unspecified atom stereocenters. The van der Waals surface area contributed by atoms with E-state index < -0.39 is 0 Å². The quantitative estimate of drug-likeness (QED) is 0.574. The van der Waals surface area contributed by atoms with Crippen LogP contribution in [0.2, 0.25) is 0 Å². The lowest BCUT2D eigenvalue weighted by Gasteiger charge is -2.16. The fraction of sp³-hybridized carbons (Fsp3) is 0. The van der Waals surface area contributed by atoms with Gasteiger partial charge in [-0.3, -0.25) is 3.11 Å². The maximum Gasteiger partial charge on any atom is 0.0646 e. The van der Waals surface area contributed by atoms with Gasteiger partial charge in [0.15, 0.2) is 0 Å². The van der Waals surface area contributed by atoms with Crippen molar-refractivity contribution in [2.24, 2.45) is 0 Å². The lowest BCUT2D eigenvalue weighted by molar-refractivity contribution is 1.47. The molecule has 2 rings (SSSR count). The van der Waals surface area contributed by atoms with E-state index in [0.29, 0.717) is 0 Å². The summed E-state index contributed by atoms with van der Waals surface area (Å²) in [6.07, 6.45) is 0. The van der Waals surface area contributed by atoms with Crippen LogP contribution in [-0.2, 0) is 0 Å². The Labute approximate surface area is 110 Å². The molecule has 2 aromatic carbocycles. The summed E-state index contributed by atoms with van der Waals surface area (Å²) in [6.45, 7) is 0. The molecule has 0 fully saturated rings. The van der Waals surface area contributed by atoms with Gasteiger partial charge in [0.1, 0.15) is 0 Å². The molecule has 15 heavy (non-hydrogen) atoms. The molecule has 0 aliphatic heterocycles. The molecule has 0 aromatic heterocycles. The van der Waals surface area contributed by atoms with Crippen LogP contribution in [0.5, 0.6) is 0 Å². The van der Waals surface area contributed by atoms with Crippen LogP contribution in [-0.4, -0.2) is 0 Å². The minimum absolute atomic E-state index is 0. The Morgan fingerprint density at radius 2 is 1.00 bits per heavy atom. The summed E-state index contributed by atoms with van der Waals surface area (Å²) in [5.74, 6) is 0. The van der Waals surface area contributed by atoms with Gasteiger partial charge in [-0.05, 0) is 24.3 Å². The number of benzene rings is 2. The summed E-state index contributed by atoms with van der Waals surface area (Å²) < 4.78 is 2.14. The molecule has 0 N–H and O–H groups in total. The Bertz CT molecular complexity index is 351. The third-order valence-electron chi connectivity index (χ3n) is 1.97. The van der Waals surface area contributed by atoms with Crippen molar-refractivity contribution < 1.29 is 0 Å². The van der Waals surface area contributed by atoms with Gasteiger partial charge in [-0.15, -0.1) is 12.4 Å². The zero-order valence-electron chi connectivity index (χ0n) is 8.01. The van der Waals surface area contributed by atoms with Gasteiger partial charge in [0.05, 0.1) is 34.2 Å². The maximum atomic E-state index is 2.31. The number of nitrogens with zero attached hydrogens (tertiary/aromatic N) is 1.